The summed E-state index contributed by atoms with van der Waals surface area (Å²) < 4.78 is 0. The first-order valence-corrected chi connectivity index (χ1v) is 9.57. The summed E-state index contributed by atoms with van der Waals surface area (Å²) in [5.74, 6) is -0.586. The van der Waals surface area contributed by atoms with Gasteiger partial charge in [0.05, 0.1) is 6.42 Å². The molecule has 0 unspecified atom stereocenters. The van der Waals surface area contributed by atoms with Gasteiger partial charge in [-0.15, -0.1) is 0 Å². The molecule has 3 amide bonds. The normalized spacial score (nSPS) is 13.0. The Kier molecular flexibility index (Phi) is 5.24. The van der Waals surface area contributed by atoms with Crippen molar-refractivity contribution >= 4 is 34.2 Å². The fourth-order valence-electron chi connectivity index (χ4n) is 3.16. The number of hydrogen-bond donors (Lipinski definition) is 3. The van der Waals surface area contributed by atoms with Crippen LogP contribution in [0.2, 0.25) is 0 Å². The minimum absolute atomic E-state index is 0.0166. The van der Waals surface area contributed by atoms with E-state index in [1.165, 1.54) is 0 Å². The first-order valence-electron chi connectivity index (χ1n) is 9.57. The van der Waals surface area contributed by atoms with E-state index in [4.69, 9.17) is 0 Å². The summed E-state index contributed by atoms with van der Waals surface area (Å²) in [6.45, 7) is 0. The van der Waals surface area contributed by atoms with Gasteiger partial charge in [0.1, 0.15) is 0 Å². The average Bonchev–Trinajstić information content (AvgIpc) is 3.58. The number of amides is 3. The second kappa shape index (κ2) is 8.14. The Morgan fingerprint density at radius 3 is 2.31 bits per heavy atom. The molecule has 0 saturated heterocycles. The van der Waals surface area contributed by atoms with E-state index in [1.54, 1.807) is 24.3 Å². The van der Waals surface area contributed by atoms with Gasteiger partial charge in [-0.25, -0.2) is 0 Å². The van der Waals surface area contributed by atoms with Gasteiger partial charge >= 0.3 is 0 Å². The number of hydrazine groups is 1. The van der Waals surface area contributed by atoms with Crippen LogP contribution in [0.5, 0.6) is 0 Å². The number of carbonyl (C=O) groups excluding carboxylic acids is 3. The second-order valence-corrected chi connectivity index (χ2v) is 7.16. The minimum Gasteiger partial charge on any atom is -0.326 e. The van der Waals surface area contributed by atoms with E-state index in [0.717, 1.165) is 29.2 Å². The van der Waals surface area contributed by atoms with E-state index in [1.807, 2.05) is 42.5 Å². The van der Waals surface area contributed by atoms with Crippen molar-refractivity contribution in [3.05, 3.63) is 77.9 Å². The topological polar surface area (TPSA) is 87.3 Å². The van der Waals surface area contributed by atoms with E-state index in [-0.39, 0.29) is 24.2 Å². The van der Waals surface area contributed by atoms with E-state index < -0.39 is 5.91 Å². The third-order valence-corrected chi connectivity index (χ3v) is 4.91. The smallest absolute Gasteiger partial charge is 0.269 e. The van der Waals surface area contributed by atoms with Crippen LogP contribution in [-0.4, -0.2) is 17.7 Å². The third-order valence-electron chi connectivity index (χ3n) is 4.91. The summed E-state index contributed by atoms with van der Waals surface area (Å²) in [5.41, 5.74) is 6.82. The van der Waals surface area contributed by atoms with Gasteiger partial charge in [-0.05, 0) is 53.4 Å². The first kappa shape index (κ1) is 18.7. The maximum atomic E-state index is 12.3. The largest absolute Gasteiger partial charge is 0.326 e. The maximum absolute atomic E-state index is 12.3. The maximum Gasteiger partial charge on any atom is 0.269 e. The number of anilines is 1. The number of carbonyl (C=O) groups is 3. The molecule has 0 bridgehead atoms. The number of rotatable bonds is 5. The molecule has 3 N–H and O–H groups in total. The van der Waals surface area contributed by atoms with Gasteiger partial charge in [-0.2, -0.15) is 0 Å². The molecule has 0 radical (unpaired) electrons. The van der Waals surface area contributed by atoms with Gasteiger partial charge in [0.25, 0.3) is 5.91 Å². The van der Waals surface area contributed by atoms with Gasteiger partial charge < -0.3 is 5.32 Å². The van der Waals surface area contributed by atoms with E-state index in [2.05, 4.69) is 16.2 Å². The lowest BCUT2D eigenvalue weighted by Gasteiger charge is -2.10. The van der Waals surface area contributed by atoms with E-state index in [9.17, 15) is 14.4 Å². The van der Waals surface area contributed by atoms with Crippen LogP contribution >= 0.6 is 0 Å². The zero-order valence-corrected chi connectivity index (χ0v) is 15.8. The fourth-order valence-corrected chi connectivity index (χ4v) is 3.16. The molecule has 146 valence electrons. The second-order valence-electron chi connectivity index (χ2n) is 7.16. The van der Waals surface area contributed by atoms with Crippen LogP contribution in [0.1, 0.15) is 28.8 Å². The van der Waals surface area contributed by atoms with Crippen LogP contribution in [0.3, 0.4) is 0 Å². The van der Waals surface area contributed by atoms with Crippen molar-refractivity contribution in [2.24, 2.45) is 5.92 Å². The van der Waals surface area contributed by atoms with Crippen molar-refractivity contribution in [3.8, 4) is 0 Å². The Bertz CT molecular complexity index is 1070. The van der Waals surface area contributed by atoms with Crippen molar-refractivity contribution in [3.63, 3.8) is 0 Å². The molecule has 4 rings (SSSR count). The van der Waals surface area contributed by atoms with Crippen molar-refractivity contribution in [1.82, 2.24) is 10.9 Å². The van der Waals surface area contributed by atoms with Gasteiger partial charge in [0.2, 0.25) is 11.8 Å². The minimum atomic E-state index is -0.420. The number of benzene rings is 3. The van der Waals surface area contributed by atoms with Crippen LogP contribution in [0.4, 0.5) is 5.69 Å². The molecule has 29 heavy (non-hydrogen) atoms. The van der Waals surface area contributed by atoms with Crippen LogP contribution in [0.15, 0.2) is 66.7 Å². The van der Waals surface area contributed by atoms with Crippen molar-refractivity contribution in [1.29, 1.82) is 0 Å². The highest BCUT2D eigenvalue weighted by molar-refractivity contribution is 5.98. The Hall–Kier alpha value is -3.67. The monoisotopic (exact) mass is 387 g/mol. The number of fused-ring (bicyclic) bond motifs is 1. The molecule has 0 atom stereocenters. The quantitative estimate of drug-likeness (QED) is 0.588. The highest BCUT2D eigenvalue weighted by Crippen LogP contribution is 2.30. The van der Waals surface area contributed by atoms with Gasteiger partial charge in [-0.1, -0.05) is 42.5 Å². The van der Waals surface area contributed by atoms with Crippen LogP contribution in [-0.2, 0) is 16.0 Å². The average molecular weight is 387 g/mol. The SMILES string of the molecule is O=C(Cc1cccc2ccccc12)NNC(=O)c1ccc(NC(=O)C2CC2)cc1. The van der Waals surface area contributed by atoms with E-state index >= 15 is 0 Å². The zero-order chi connectivity index (χ0) is 20.2. The lowest BCUT2D eigenvalue weighted by Crippen LogP contribution is -2.42. The fraction of sp³-hybridized carbons (Fsp3) is 0.174. The highest BCUT2D eigenvalue weighted by Gasteiger charge is 2.29. The molecule has 6 heteroatoms. The zero-order valence-electron chi connectivity index (χ0n) is 15.8. The Labute approximate surface area is 168 Å². The Morgan fingerprint density at radius 2 is 1.55 bits per heavy atom. The molecule has 3 aromatic rings. The predicted molar refractivity (Wildman–Crippen MR) is 111 cm³/mol. The summed E-state index contributed by atoms with van der Waals surface area (Å²) in [4.78, 5) is 36.3. The molecule has 1 fully saturated rings. The summed E-state index contributed by atoms with van der Waals surface area (Å²) >= 11 is 0. The molecular weight excluding hydrogens is 366 g/mol. The van der Waals surface area contributed by atoms with Crippen molar-refractivity contribution < 1.29 is 14.4 Å². The first-order chi connectivity index (χ1) is 14.1. The lowest BCUT2D eigenvalue weighted by molar-refractivity contribution is -0.121. The number of hydrogen-bond acceptors (Lipinski definition) is 3. The molecule has 0 aliphatic heterocycles. The van der Waals surface area contributed by atoms with Crippen molar-refractivity contribution in [2.45, 2.75) is 19.3 Å². The molecule has 6 nitrogen and oxygen atoms in total. The lowest BCUT2D eigenvalue weighted by atomic mass is 10.0. The number of nitrogens with one attached hydrogen (secondary N) is 3. The standard InChI is InChI=1S/C23H21N3O3/c27-21(14-18-6-3-5-15-4-1-2-7-20(15)18)25-26-23(29)17-10-12-19(13-11-17)24-22(28)16-8-9-16/h1-7,10-13,16H,8-9,14H2,(H,24,28)(H,25,27)(H,26,29). The summed E-state index contributed by atoms with van der Waals surface area (Å²) in [7, 11) is 0. The van der Waals surface area contributed by atoms with Gasteiger partial charge in [0, 0.05) is 17.2 Å². The third kappa shape index (κ3) is 4.60. The summed E-state index contributed by atoms with van der Waals surface area (Å²) in [6.07, 6.45) is 2.03. The van der Waals surface area contributed by atoms with Gasteiger partial charge in [0.15, 0.2) is 0 Å². The summed E-state index contributed by atoms with van der Waals surface area (Å²) in [6, 6.07) is 20.2. The Morgan fingerprint density at radius 1 is 0.828 bits per heavy atom. The van der Waals surface area contributed by atoms with Crippen LogP contribution in [0.25, 0.3) is 10.8 Å². The predicted octanol–water partition coefficient (Wildman–Crippen LogP) is 3.19. The molecule has 1 aliphatic carbocycles. The summed E-state index contributed by atoms with van der Waals surface area (Å²) in [5, 5.41) is 4.90. The highest BCUT2D eigenvalue weighted by atomic mass is 16.2. The molecule has 0 aromatic heterocycles. The van der Waals surface area contributed by atoms with Crippen molar-refractivity contribution in [2.75, 3.05) is 5.32 Å². The van der Waals surface area contributed by atoms with Gasteiger partial charge in [-0.3, -0.25) is 25.2 Å². The molecule has 0 spiro atoms. The molecule has 0 heterocycles. The molecule has 1 saturated carbocycles. The molecule has 1 aliphatic rings. The molecular formula is C23H21N3O3. The van der Waals surface area contributed by atoms with E-state index in [0.29, 0.717) is 11.3 Å². The Balaban J connectivity index is 1.31. The van der Waals surface area contributed by atoms with Crippen LogP contribution < -0.4 is 16.2 Å². The van der Waals surface area contributed by atoms with Crippen LogP contribution in [0, 0.1) is 5.92 Å². The molecule has 3 aromatic carbocycles.